The molecule has 0 atom stereocenters. The lowest BCUT2D eigenvalue weighted by molar-refractivity contribution is -0.142. The van der Waals surface area contributed by atoms with Crippen molar-refractivity contribution in [3.05, 3.63) is 193 Å². The normalized spacial score (nSPS) is 12.1. The topological polar surface area (TPSA) is 202 Å². The van der Waals surface area contributed by atoms with Gasteiger partial charge in [0.1, 0.15) is 28.7 Å². The number of nitrogens with one attached hydrogen (secondary N) is 5. The fourth-order valence-corrected chi connectivity index (χ4v) is 13.2. The lowest BCUT2D eigenvalue weighted by Gasteiger charge is -2.19. The van der Waals surface area contributed by atoms with Crippen LogP contribution in [0.15, 0.2) is 104 Å². The van der Waals surface area contributed by atoms with E-state index in [0.717, 1.165) is 124 Å². The van der Waals surface area contributed by atoms with E-state index in [1.165, 1.54) is 49.8 Å². The Morgan fingerprint density at radius 3 is 1.15 bits per heavy atom. The molecule has 0 radical (unpaired) electrons. The van der Waals surface area contributed by atoms with Gasteiger partial charge in [-0.05, 0) is 206 Å². The third-order valence-electron chi connectivity index (χ3n) is 18.4. The van der Waals surface area contributed by atoms with Crippen molar-refractivity contribution in [3.63, 3.8) is 0 Å². The van der Waals surface area contributed by atoms with E-state index in [0.29, 0.717) is 107 Å². The summed E-state index contributed by atoms with van der Waals surface area (Å²) in [7, 11) is 11.1. The van der Waals surface area contributed by atoms with Crippen LogP contribution >= 0.6 is 11.6 Å². The van der Waals surface area contributed by atoms with Crippen LogP contribution in [0.25, 0.3) is 56.3 Å². The summed E-state index contributed by atoms with van der Waals surface area (Å²) in [5.74, 6) is -2.97. The number of nitrogens with zero attached hydrogens (tertiary/aromatic N) is 11. The van der Waals surface area contributed by atoms with Crippen molar-refractivity contribution in [3.8, 4) is 73.9 Å². The van der Waals surface area contributed by atoms with E-state index < -0.39 is 82.2 Å². The van der Waals surface area contributed by atoms with Gasteiger partial charge in [0.05, 0.1) is 112 Å². The van der Waals surface area contributed by atoms with Gasteiger partial charge in [-0.25, -0.2) is 8.78 Å². The molecule has 650 valence electrons. The average molecular weight is 1710 g/mol. The summed E-state index contributed by atoms with van der Waals surface area (Å²) in [5, 5.41) is 42.4. The Labute approximate surface area is 685 Å². The second kappa shape index (κ2) is 43.9. The minimum absolute atomic E-state index is 0.0105. The highest BCUT2D eigenvalue weighted by atomic mass is 35.5. The summed E-state index contributed by atoms with van der Waals surface area (Å²) in [6.07, 6.45) is -9.42. The van der Waals surface area contributed by atoms with Crippen LogP contribution in [0, 0.1) is 36.8 Å². The number of aryl methyl sites for hydroxylation is 2. The maximum atomic E-state index is 14.8. The van der Waals surface area contributed by atoms with Crippen molar-refractivity contribution >= 4 is 11.6 Å². The summed E-state index contributed by atoms with van der Waals surface area (Å²) >= 11 is 5.76. The Hall–Kier alpha value is -9.86. The fraction of sp³-hybridized carbons (Fsp3) is 0.446. The number of hydrogen-bond acceptors (Lipinski definition) is 13. The molecule has 0 aliphatic heterocycles. The number of benzene rings is 5. The zero-order valence-electron chi connectivity index (χ0n) is 68.7. The van der Waals surface area contributed by atoms with Crippen molar-refractivity contribution < 1.29 is 84.1 Å². The van der Waals surface area contributed by atoms with Crippen LogP contribution in [0.4, 0.5) is 74.6 Å². The fourth-order valence-electron chi connectivity index (χ4n) is 12.9. The van der Waals surface area contributed by atoms with E-state index in [4.69, 9.17) is 26.3 Å². The molecule has 0 fully saturated rings. The zero-order chi connectivity index (χ0) is 88.7. The van der Waals surface area contributed by atoms with Gasteiger partial charge in [-0.3, -0.25) is 25.5 Å². The number of nitriles is 1. The maximum absolute atomic E-state index is 14.8. The minimum atomic E-state index is -4.87. The number of H-pyrrole nitrogens is 5. The van der Waals surface area contributed by atoms with Crippen molar-refractivity contribution in [2.45, 2.75) is 171 Å². The Balaban J connectivity index is 0.000000231. The molecule has 0 bridgehead atoms. The predicted molar refractivity (Wildman–Crippen MR) is 424 cm³/mol. The van der Waals surface area contributed by atoms with E-state index in [-0.39, 0.29) is 27.4 Å². The number of ether oxygens (including phenoxy) is 2. The standard InChI is InChI=1S/C18H23F4N3O.C17H22F3N3.C16H19ClF3N3.C16H16F4N4.C16H20F3N3O/c1-5-8-25(4)10-12-9-23-24-17(12)13-6-7-14(26-11(2)3)15(16(13)19)18(20,21)22;1-4-5-8-23(3)11-13-10-21-22-16(13)15-9-14(17(18,19)20)7-6-12(15)2;1-4-5-23(3)9-11-8-21-22-15(11)12-7-13(16(18,19)20)14(17)6-10(12)2;1-3-4-24(2)9-11-8-22-23-15(11)12-6-13(16(18,19)20)14(17)5-10(12)7-21;1-4-7-22(2)10-11-9-20-21-15(11)13-8-12(16(17,18)19)5-6-14(13)23-3/h6-7,9,11H,5,8,10H2,1-4H3,(H,23,24);6-7,9-10H,4-5,8,11H2,1-3H3,(H,21,22);6-8H,4-5,9H2,1-3H3,(H,21,22);5-6,8H,3-4,9H2,1-2H3,(H,22,23);5-6,8-9H,4,7,10H2,1-3H3,(H,20,21). The predicted octanol–water partition coefficient (Wildman–Crippen LogP) is 22.3. The van der Waals surface area contributed by atoms with Crippen LogP contribution in [0.2, 0.25) is 5.02 Å². The van der Waals surface area contributed by atoms with E-state index in [1.807, 2.05) is 58.9 Å². The van der Waals surface area contributed by atoms with Crippen molar-refractivity contribution in [1.82, 2.24) is 75.5 Å². The van der Waals surface area contributed by atoms with Crippen LogP contribution in [0.3, 0.4) is 0 Å². The quantitative estimate of drug-likeness (QED) is 0.0278. The van der Waals surface area contributed by atoms with Crippen LogP contribution in [-0.2, 0) is 63.6 Å². The van der Waals surface area contributed by atoms with Gasteiger partial charge in [0, 0.05) is 88.4 Å². The molecule has 0 saturated heterocycles. The highest BCUT2D eigenvalue weighted by Crippen LogP contribution is 2.45. The van der Waals surface area contributed by atoms with Gasteiger partial charge < -0.3 is 34.0 Å². The molecule has 5 N–H and O–H groups in total. The first kappa shape index (κ1) is 98.0. The van der Waals surface area contributed by atoms with Crippen molar-refractivity contribution in [2.24, 2.45) is 0 Å². The highest BCUT2D eigenvalue weighted by Gasteiger charge is 2.41. The first-order valence-electron chi connectivity index (χ1n) is 38.1. The number of unbranched alkanes of at least 4 members (excludes halogenated alkanes) is 1. The summed E-state index contributed by atoms with van der Waals surface area (Å²) in [5.41, 5.74) is 3.73. The second-order valence-electron chi connectivity index (χ2n) is 28.9. The van der Waals surface area contributed by atoms with Gasteiger partial charge in [0.15, 0.2) is 0 Å². The second-order valence-corrected chi connectivity index (χ2v) is 29.3. The van der Waals surface area contributed by atoms with Crippen LogP contribution in [-0.4, -0.2) is 157 Å². The van der Waals surface area contributed by atoms with Crippen LogP contribution in [0.1, 0.15) is 159 Å². The largest absolute Gasteiger partial charge is 0.496 e. The number of rotatable bonds is 29. The van der Waals surface area contributed by atoms with Gasteiger partial charge in [0.25, 0.3) is 0 Å². The number of aromatic amines is 5. The van der Waals surface area contributed by atoms with Crippen LogP contribution in [0.5, 0.6) is 11.5 Å². The monoisotopic (exact) mass is 1710 g/mol. The van der Waals surface area contributed by atoms with Gasteiger partial charge in [-0.15, -0.1) is 0 Å². The Morgan fingerprint density at radius 1 is 0.420 bits per heavy atom. The molecule has 119 heavy (non-hydrogen) atoms. The number of halogens is 18. The molecule has 0 spiro atoms. The molecule has 0 amide bonds. The first-order chi connectivity index (χ1) is 55.8. The lowest BCUT2D eigenvalue weighted by Crippen LogP contribution is -2.19. The molecule has 36 heteroatoms. The summed E-state index contributed by atoms with van der Waals surface area (Å²) in [4.78, 5) is 10.3. The molecule has 5 heterocycles. The Kier molecular flexibility index (Phi) is 36.1. The van der Waals surface area contributed by atoms with Crippen LogP contribution < -0.4 is 9.47 Å². The smallest absolute Gasteiger partial charge is 0.422 e. The van der Waals surface area contributed by atoms with E-state index in [1.54, 1.807) is 52.4 Å². The average Bonchev–Trinajstić information content (AvgIpc) is 1.80. The molecule has 5 aromatic heterocycles. The summed E-state index contributed by atoms with van der Waals surface area (Å²) < 4.78 is 235. The van der Waals surface area contributed by atoms with Gasteiger partial charge in [-0.2, -0.15) is 96.6 Å². The molecular weight excluding hydrogens is 1610 g/mol. The minimum Gasteiger partial charge on any atom is -0.496 e. The van der Waals surface area contributed by atoms with E-state index in [2.05, 4.69) is 86.5 Å². The third kappa shape index (κ3) is 27.9. The Bertz CT molecular complexity index is 4880. The first-order valence-corrected chi connectivity index (χ1v) is 38.5. The molecule has 0 aliphatic carbocycles. The lowest BCUT2D eigenvalue weighted by atomic mass is 9.98. The number of aromatic nitrogens is 10. The number of methoxy groups -OCH3 is 1. The molecule has 10 rings (SSSR count). The van der Waals surface area contributed by atoms with Gasteiger partial charge in [-0.1, -0.05) is 58.7 Å². The molecule has 0 unspecified atom stereocenters. The molecule has 18 nitrogen and oxygen atoms in total. The SMILES string of the molecule is CCCCN(C)Cc1cn[nH]c1-c1cc(C(F)(F)F)ccc1C.CCCN(C)Cc1cn[nH]c1-c1cc(C(F)(F)F)c(Cl)cc1C.CCCN(C)Cc1cn[nH]c1-c1cc(C(F)(F)F)c(F)cc1C#N.CCCN(C)Cc1cn[nH]c1-c1cc(C(F)(F)F)ccc1OC.CCCN(C)Cc1cn[nH]c1-c1ccc(OC(C)C)c(C(F)(F)F)c1F. The molecule has 10 aromatic rings. The number of alkyl halides is 15. The van der Waals surface area contributed by atoms with Crippen molar-refractivity contribution in [1.29, 1.82) is 5.26 Å². The Morgan fingerprint density at radius 2 is 0.782 bits per heavy atom. The van der Waals surface area contributed by atoms with Gasteiger partial charge in [0.2, 0.25) is 0 Å². The maximum Gasteiger partial charge on any atom is 0.422 e. The third-order valence-corrected chi connectivity index (χ3v) is 18.8. The molecule has 5 aromatic carbocycles. The van der Waals surface area contributed by atoms with Gasteiger partial charge >= 0.3 is 30.9 Å². The summed E-state index contributed by atoms with van der Waals surface area (Å²) in [6.45, 7) is 24.1. The summed E-state index contributed by atoms with van der Waals surface area (Å²) in [6, 6.07) is 15.1. The zero-order valence-corrected chi connectivity index (χ0v) is 69.5. The molecule has 0 aliphatic rings. The number of hydrogen-bond donors (Lipinski definition) is 5. The molecular formula is C83H100ClF17N16O2. The highest BCUT2D eigenvalue weighted by molar-refractivity contribution is 6.31. The molecule has 0 saturated carbocycles. The van der Waals surface area contributed by atoms with E-state index >= 15 is 0 Å². The van der Waals surface area contributed by atoms with E-state index in [9.17, 15) is 74.6 Å². The van der Waals surface area contributed by atoms with Crippen molar-refractivity contribution in [2.75, 3.05) is 75.1 Å².